The van der Waals surface area contributed by atoms with Crippen molar-refractivity contribution >= 4 is 15.7 Å². The molecule has 1 aliphatic rings. The molecule has 2 unspecified atom stereocenters. The maximum absolute atomic E-state index is 12.0. The molecular weight excluding hydrogens is 242 g/mol. The maximum Gasteiger partial charge on any atom is 0.241 e. The van der Waals surface area contributed by atoms with E-state index in [0.717, 1.165) is 25.5 Å². The Morgan fingerprint density at radius 2 is 2.00 bits per heavy atom. The lowest BCUT2D eigenvalue weighted by molar-refractivity contribution is -0.123. The molecule has 1 saturated carbocycles. The van der Waals surface area contributed by atoms with Gasteiger partial charge in [0.1, 0.15) is 4.75 Å². The summed E-state index contributed by atoms with van der Waals surface area (Å²) in [6, 6.07) is -0.103. The van der Waals surface area contributed by atoms with Gasteiger partial charge in [-0.3, -0.25) is 4.79 Å². The molecule has 0 aromatic rings. The minimum Gasteiger partial charge on any atom is -0.396 e. The van der Waals surface area contributed by atoms with Gasteiger partial charge in [-0.1, -0.05) is 6.42 Å². The van der Waals surface area contributed by atoms with E-state index in [4.69, 9.17) is 5.11 Å². The van der Waals surface area contributed by atoms with Gasteiger partial charge in [-0.25, -0.2) is 8.42 Å². The van der Waals surface area contributed by atoms with E-state index in [1.165, 1.54) is 13.8 Å². The molecule has 2 atom stereocenters. The molecule has 0 spiro atoms. The molecule has 5 nitrogen and oxygen atoms in total. The smallest absolute Gasteiger partial charge is 0.241 e. The first-order chi connectivity index (χ1) is 7.70. The van der Waals surface area contributed by atoms with Crippen LogP contribution in [0.15, 0.2) is 0 Å². The molecule has 1 fully saturated rings. The fraction of sp³-hybridized carbons (Fsp3) is 0.909. The van der Waals surface area contributed by atoms with E-state index in [9.17, 15) is 13.2 Å². The van der Waals surface area contributed by atoms with Crippen LogP contribution in [-0.2, 0) is 14.6 Å². The molecule has 1 aliphatic carbocycles. The fourth-order valence-corrected chi connectivity index (χ4v) is 2.35. The predicted octanol–water partition coefficient (Wildman–Crippen LogP) is 0.0868. The van der Waals surface area contributed by atoms with Crippen LogP contribution in [0.3, 0.4) is 0 Å². The summed E-state index contributed by atoms with van der Waals surface area (Å²) in [7, 11) is -3.44. The number of amides is 1. The summed E-state index contributed by atoms with van der Waals surface area (Å²) in [5, 5.41) is 11.9. The normalized spacial score (nSPS) is 25.9. The van der Waals surface area contributed by atoms with E-state index >= 15 is 0 Å². The minimum absolute atomic E-state index is 0.0320. The summed E-state index contributed by atoms with van der Waals surface area (Å²) in [5.41, 5.74) is 0. The number of aliphatic hydroxyl groups is 1. The van der Waals surface area contributed by atoms with Gasteiger partial charge in [0.2, 0.25) is 5.91 Å². The molecule has 0 radical (unpaired) electrons. The molecule has 0 aliphatic heterocycles. The molecule has 1 amide bonds. The first-order valence-electron chi connectivity index (χ1n) is 5.81. The number of hydrogen-bond acceptors (Lipinski definition) is 4. The lowest BCUT2D eigenvalue weighted by atomic mass is 10.0. The molecule has 100 valence electrons. The summed E-state index contributed by atoms with van der Waals surface area (Å²) in [6.07, 6.45) is 3.69. The van der Waals surface area contributed by atoms with Crippen molar-refractivity contribution in [3.8, 4) is 0 Å². The number of rotatable bonds is 4. The number of nitrogens with one attached hydrogen (secondary N) is 1. The molecule has 0 bridgehead atoms. The zero-order valence-electron chi connectivity index (χ0n) is 10.6. The Bertz CT molecular complexity index is 388. The third-order valence-corrected chi connectivity index (χ3v) is 5.72. The second-order valence-electron chi connectivity index (χ2n) is 5.24. The van der Waals surface area contributed by atoms with Gasteiger partial charge in [0.15, 0.2) is 9.84 Å². The van der Waals surface area contributed by atoms with Crippen molar-refractivity contribution in [3.63, 3.8) is 0 Å². The highest BCUT2D eigenvalue weighted by molar-refractivity contribution is 7.92. The summed E-state index contributed by atoms with van der Waals surface area (Å²) in [4.78, 5) is 12.0. The van der Waals surface area contributed by atoms with E-state index in [1.807, 2.05) is 0 Å². The molecule has 2 N–H and O–H groups in total. The van der Waals surface area contributed by atoms with Gasteiger partial charge in [-0.15, -0.1) is 0 Å². The van der Waals surface area contributed by atoms with E-state index in [1.54, 1.807) is 0 Å². The Kier molecular flexibility index (Phi) is 4.19. The van der Waals surface area contributed by atoms with Crippen LogP contribution in [0, 0.1) is 5.92 Å². The zero-order chi connectivity index (χ0) is 13.3. The Morgan fingerprint density at radius 3 is 2.47 bits per heavy atom. The van der Waals surface area contributed by atoms with Crippen LogP contribution < -0.4 is 5.32 Å². The first kappa shape index (κ1) is 14.4. The number of carbonyl (C=O) groups is 1. The van der Waals surface area contributed by atoms with E-state index in [0.29, 0.717) is 0 Å². The van der Waals surface area contributed by atoms with E-state index in [-0.39, 0.29) is 18.6 Å². The second-order valence-corrected chi connectivity index (χ2v) is 7.80. The van der Waals surface area contributed by atoms with Crippen LogP contribution in [0.25, 0.3) is 0 Å². The molecule has 0 aromatic carbocycles. The van der Waals surface area contributed by atoms with Crippen LogP contribution in [-0.4, -0.2) is 43.1 Å². The fourth-order valence-electron chi connectivity index (χ4n) is 1.96. The number of sulfone groups is 1. The summed E-state index contributed by atoms with van der Waals surface area (Å²) in [6.45, 7) is 2.84. The molecule has 6 heteroatoms. The molecule has 0 aromatic heterocycles. The van der Waals surface area contributed by atoms with Crippen LogP contribution >= 0.6 is 0 Å². The molecular formula is C11H21NO4S. The standard InChI is InChI=1S/C11H21NO4S/c1-11(2,17(3,15)16)10(14)12-9-6-4-5-8(9)7-13/h8-9,13H,4-7H2,1-3H3,(H,12,14). The van der Waals surface area contributed by atoms with Gasteiger partial charge in [0.05, 0.1) is 0 Å². The lowest BCUT2D eigenvalue weighted by Crippen LogP contribution is -2.51. The van der Waals surface area contributed by atoms with Crippen molar-refractivity contribution in [1.82, 2.24) is 5.32 Å². The van der Waals surface area contributed by atoms with Crippen LogP contribution in [0.1, 0.15) is 33.1 Å². The van der Waals surface area contributed by atoms with Gasteiger partial charge in [-0.2, -0.15) is 0 Å². The maximum atomic E-state index is 12.0. The highest BCUT2D eigenvalue weighted by Gasteiger charge is 2.40. The van der Waals surface area contributed by atoms with E-state index in [2.05, 4.69) is 5.32 Å². The third-order valence-electron chi connectivity index (χ3n) is 3.68. The van der Waals surface area contributed by atoms with Crippen LogP contribution in [0.2, 0.25) is 0 Å². The number of hydrogen-bond donors (Lipinski definition) is 2. The van der Waals surface area contributed by atoms with Gasteiger partial charge < -0.3 is 10.4 Å². The third kappa shape index (κ3) is 2.98. The largest absolute Gasteiger partial charge is 0.396 e. The van der Waals surface area contributed by atoms with Gasteiger partial charge >= 0.3 is 0 Å². The van der Waals surface area contributed by atoms with Crippen LogP contribution in [0.4, 0.5) is 0 Å². The topological polar surface area (TPSA) is 83.5 Å². The van der Waals surface area contributed by atoms with Gasteiger partial charge in [0, 0.05) is 24.8 Å². The van der Waals surface area contributed by atoms with Crippen molar-refractivity contribution in [2.45, 2.75) is 43.9 Å². The van der Waals surface area contributed by atoms with Crippen molar-refractivity contribution in [1.29, 1.82) is 0 Å². The van der Waals surface area contributed by atoms with E-state index < -0.39 is 20.5 Å². The van der Waals surface area contributed by atoms with Crippen molar-refractivity contribution in [2.24, 2.45) is 5.92 Å². The molecule has 17 heavy (non-hydrogen) atoms. The van der Waals surface area contributed by atoms with Gasteiger partial charge in [-0.05, 0) is 26.7 Å². The quantitative estimate of drug-likeness (QED) is 0.753. The van der Waals surface area contributed by atoms with Gasteiger partial charge in [0.25, 0.3) is 0 Å². The summed E-state index contributed by atoms with van der Waals surface area (Å²) < 4.78 is 21.6. The highest BCUT2D eigenvalue weighted by atomic mass is 32.2. The summed E-state index contributed by atoms with van der Waals surface area (Å²) >= 11 is 0. The van der Waals surface area contributed by atoms with Crippen LogP contribution in [0.5, 0.6) is 0 Å². The average molecular weight is 263 g/mol. The second kappa shape index (κ2) is 4.94. The first-order valence-corrected chi connectivity index (χ1v) is 7.70. The number of carbonyl (C=O) groups excluding carboxylic acids is 1. The predicted molar refractivity (Wildman–Crippen MR) is 65.3 cm³/mol. The molecule has 0 saturated heterocycles. The number of aliphatic hydroxyl groups excluding tert-OH is 1. The Hall–Kier alpha value is -0.620. The zero-order valence-corrected chi connectivity index (χ0v) is 11.4. The van der Waals surface area contributed by atoms with Crippen molar-refractivity contribution in [2.75, 3.05) is 12.9 Å². The minimum atomic E-state index is -3.44. The SMILES string of the molecule is CC(C)(C(=O)NC1CCCC1CO)S(C)(=O)=O. The van der Waals surface area contributed by atoms with Crippen molar-refractivity contribution in [3.05, 3.63) is 0 Å². The molecule has 0 heterocycles. The monoisotopic (exact) mass is 263 g/mol. The Labute approximate surface area is 103 Å². The average Bonchev–Trinajstić information content (AvgIpc) is 2.63. The Balaban J connectivity index is 2.73. The highest BCUT2D eigenvalue weighted by Crippen LogP contribution is 2.26. The lowest BCUT2D eigenvalue weighted by Gasteiger charge is -2.26. The molecule has 1 rings (SSSR count). The summed E-state index contributed by atoms with van der Waals surface area (Å²) in [5.74, 6) is -0.431. The van der Waals surface area contributed by atoms with Crippen molar-refractivity contribution < 1.29 is 18.3 Å². The Morgan fingerprint density at radius 1 is 1.41 bits per heavy atom.